The van der Waals surface area contributed by atoms with E-state index >= 15 is 0 Å². The van der Waals surface area contributed by atoms with E-state index in [4.69, 9.17) is 9.47 Å². The predicted octanol–water partition coefficient (Wildman–Crippen LogP) is 4.32. The highest BCUT2D eigenvalue weighted by Gasteiger charge is 2.43. The van der Waals surface area contributed by atoms with Gasteiger partial charge in [0.15, 0.2) is 0 Å². The van der Waals surface area contributed by atoms with Gasteiger partial charge in [0, 0.05) is 19.1 Å². The maximum absolute atomic E-state index is 12.8. The van der Waals surface area contributed by atoms with E-state index in [2.05, 4.69) is 24.3 Å². The summed E-state index contributed by atoms with van der Waals surface area (Å²) in [6, 6.07) is 16.7. The fraction of sp³-hybridized carbons (Fsp3) is 0.519. The first-order chi connectivity index (χ1) is 17.3. The minimum atomic E-state index is -3.60. The van der Waals surface area contributed by atoms with Gasteiger partial charge in [-0.25, -0.2) is 13.2 Å². The van der Waals surface area contributed by atoms with Gasteiger partial charge >= 0.3 is 6.09 Å². The predicted molar refractivity (Wildman–Crippen MR) is 138 cm³/mol. The van der Waals surface area contributed by atoms with Crippen molar-refractivity contribution >= 4 is 16.1 Å². The van der Waals surface area contributed by atoms with Crippen LogP contribution in [0.25, 0.3) is 0 Å². The lowest BCUT2D eigenvalue weighted by molar-refractivity contribution is -0.00961. The quantitative estimate of drug-likeness (QED) is 0.533. The van der Waals surface area contributed by atoms with Crippen LogP contribution in [0.3, 0.4) is 0 Å². The molecule has 36 heavy (non-hydrogen) atoms. The molecule has 1 amide bonds. The smallest absolute Gasteiger partial charge is 0.407 e. The molecule has 2 fully saturated rings. The number of rotatable bonds is 9. The molecule has 2 aromatic carbocycles. The first-order valence-corrected chi connectivity index (χ1v) is 14.4. The molecule has 0 spiro atoms. The second-order valence-corrected chi connectivity index (χ2v) is 11.7. The number of nitrogens with zero attached hydrogens (tertiary/aromatic N) is 2. The highest BCUT2D eigenvalue weighted by Crippen LogP contribution is 2.35. The molecule has 196 valence electrons. The first kappa shape index (κ1) is 26.4. The number of hydrogen-bond acceptors (Lipinski definition) is 5. The van der Waals surface area contributed by atoms with E-state index in [9.17, 15) is 18.3 Å². The minimum absolute atomic E-state index is 0.0510. The van der Waals surface area contributed by atoms with Crippen LogP contribution in [0, 0.1) is 0 Å². The zero-order chi connectivity index (χ0) is 25.7. The molecule has 1 saturated carbocycles. The van der Waals surface area contributed by atoms with Crippen LogP contribution in [0.2, 0.25) is 0 Å². The fourth-order valence-corrected chi connectivity index (χ4v) is 6.65. The Hall–Kier alpha value is -2.62. The third-order valence-electron chi connectivity index (χ3n) is 7.50. The number of sulfonamides is 1. The summed E-state index contributed by atoms with van der Waals surface area (Å²) in [6.07, 6.45) is 4.49. The van der Waals surface area contributed by atoms with Crippen molar-refractivity contribution in [3.63, 3.8) is 0 Å². The number of hydrogen-bond donors (Lipinski definition) is 1. The van der Waals surface area contributed by atoms with Gasteiger partial charge in [-0.3, -0.25) is 0 Å². The number of carbonyl (C=O) groups is 1. The lowest BCUT2D eigenvalue weighted by Gasteiger charge is -2.35. The lowest BCUT2D eigenvalue weighted by Crippen LogP contribution is -2.50. The van der Waals surface area contributed by atoms with Crippen molar-refractivity contribution in [3.05, 3.63) is 65.7 Å². The average molecular weight is 517 g/mol. The van der Waals surface area contributed by atoms with E-state index in [0.29, 0.717) is 18.1 Å². The Morgan fingerprint density at radius 2 is 1.69 bits per heavy atom. The summed E-state index contributed by atoms with van der Waals surface area (Å²) in [6.45, 7) is 0.634. The Bertz CT molecular complexity index is 1100. The molecule has 2 aliphatic rings. The van der Waals surface area contributed by atoms with Gasteiger partial charge in [-0.2, -0.15) is 4.31 Å². The number of ether oxygens (including phenoxy) is 2. The van der Waals surface area contributed by atoms with E-state index in [-0.39, 0.29) is 25.8 Å². The molecule has 1 N–H and O–H groups in total. The molecule has 0 radical (unpaired) electrons. The summed E-state index contributed by atoms with van der Waals surface area (Å²) in [7, 11) is -2.02. The number of carboxylic acid groups (broad SMARTS) is 1. The van der Waals surface area contributed by atoms with Gasteiger partial charge in [-0.05, 0) is 61.3 Å². The van der Waals surface area contributed by atoms with E-state index in [1.54, 1.807) is 19.2 Å². The molecule has 1 aliphatic carbocycles. The van der Waals surface area contributed by atoms with Gasteiger partial charge in [0.1, 0.15) is 5.75 Å². The molecule has 2 aromatic rings. The SMILES string of the molecule is COc1ccc(CN([C@H]2CCN(C(=O)O)[C@H]2CO[C@H]2CC[C@@H](c3ccccc3)CC2)S(C)(=O)=O)cc1. The maximum Gasteiger partial charge on any atom is 0.407 e. The third kappa shape index (κ3) is 6.38. The van der Waals surface area contributed by atoms with E-state index < -0.39 is 28.2 Å². The lowest BCUT2D eigenvalue weighted by atomic mass is 9.83. The monoisotopic (exact) mass is 516 g/mol. The number of likely N-dealkylation sites (tertiary alicyclic amines) is 1. The molecule has 9 heteroatoms. The minimum Gasteiger partial charge on any atom is -0.497 e. The maximum atomic E-state index is 12.8. The van der Waals surface area contributed by atoms with E-state index in [1.165, 1.54) is 21.0 Å². The Kier molecular flexibility index (Phi) is 8.54. The highest BCUT2D eigenvalue weighted by molar-refractivity contribution is 7.88. The molecule has 1 aliphatic heterocycles. The van der Waals surface area contributed by atoms with Crippen LogP contribution in [0.1, 0.15) is 49.1 Å². The number of methoxy groups -OCH3 is 1. The van der Waals surface area contributed by atoms with Crippen LogP contribution in [-0.2, 0) is 21.3 Å². The summed E-state index contributed by atoms with van der Waals surface area (Å²) < 4.78 is 38.6. The van der Waals surface area contributed by atoms with Crippen molar-refractivity contribution in [2.75, 3.05) is 26.5 Å². The second-order valence-electron chi connectivity index (χ2n) is 9.77. The standard InChI is InChI=1S/C27H36N2O6S/c1-34-23-12-8-20(9-13-23)18-29(36(2,32)33)25-16-17-28(27(30)31)26(25)19-35-24-14-10-22(11-15-24)21-6-4-3-5-7-21/h3-9,12-13,22,24-26H,10-11,14-19H2,1-2H3,(H,30,31)/t22-,24+,25-,26-/m0/s1. The molecule has 8 nitrogen and oxygen atoms in total. The summed E-state index contributed by atoms with van der Waals surface area (Å²) in [5.41, 5.74) is 2.17. The van der Waals surface area contributed by atoms with Gasteiger partial charge < -0.3 is 19.5 Å². The summed E-state index contributed by atoms with van der Waals surface area (Å²) in [5.74, 6) is 1.21. The fourth-order valence-electron chi connectivity index (χ4n) is 5.53. The molecular formula is C27H36N2O6S. The molecule has 0 aromatic heterocycles. The number of benzene rings is 2. The van der Waals surface area contributed by atoms with Gasteiger partial charge in [0.2, 0.25) is 10.0 Å². The van der Waals surface area contributed by atoms with Crippen molar-refractivity contribution in [1.82, 2.24) is 9.21 Å². The summed E-state index contributed by atoms with van der Waals surface area (Å²) in [4.78, 5) is 13.3. The van der Waals surface area contributed by atoms with Crippen molar-refractivity contribution in [1.29, 1.82) is 0 Å². The van der Waals surface area contributed by atoms with Crippen LogP contribution in [0.4, 0.5) is 4.79 Å². The molecule has 0 unspecified atom stereocenters. The Balaban J connectivity index is 1.43. The van der Waals surface area contributed by atoms with Gasteiger partial charge in [-0.1, -0.05) is 42.5 Å². The zero-order valence-corrected chi connectivity index (χ0v) is 21.8. The third-order valence-corrected chi connectivity index (χ3v) is 8.75. The molecule has 0 bridgehead atoms. The molecule has 1 heterocycles. The molecule has 2 atom stereocenters. The first-order valence-electron chi connectivity index (χ1n) is 12.5. The second kappa shape index (κ2) is 11.6. The number of amides is 1. The summed E-state index contributed by atoms with van der Waals surface area (Å²) in [5, 5.41) is 9.82. The van der Waals surface area contributed by atoms with Crippen LogP contribution < -0.4 is 4.74 Å². The Labute approximate surface area is 213 Å². The molecule has 4 rings (SSSR count). The van der Waals surface area contributed by atoms with Crippen molar-refractivity contribution in [2.24, 2.45) is 0 Å². The highest BCUT2D eigenvalue weighted by atomic mass is 32.2. The van der Waals surface area contributed by atoms with Gasteiger partial charge in [0.05, 0.1) is 32.1 Å². The Morgan fingerprint density at radius 1 is 1.03 bits per heavy atom. The van der Waals surface area contributed by atoms with Crippen molar-refractivity contribution < 1.29 is 27.8 Å². The molecular weight excluding hydrogens is 480 g/mol. The summed E-state index contributed by atoms with van der Waals surface area (Å²) >= 11 is 0. The van der Waals surface area contributed by atoms with Gasteiger partial charge in [0.25, 0.3) is 0 Å². The molecule has 1 saturated heterocycles. The van der Waals surface area contributed by atoms with Crippen LogP contribution in [-0.4, -0.2) is 73.5 Å². The zero-order valence-electron chi connectivity index (χ0n) is 21.0. The Morgan fingerprint density at radius 3 is 2.28 bits per heavy atom. The van der Waals surface area contributed by atoms with Crippen molar-refractivity contribution in [3.8, 4) is 5.75 Å². The van der Waals surface area contributed by atoms with Crippen LogP contribution in [0.15, 0.2) is 54.6 Å². The van der Waals surface area contributed by atoms with Gasteiger partial charge in [-0.15, -0.1) is 0 Å². The van der Waals surface area contributed by atoms with E-state index in [1.807, 2.05) is 18.2 Å². The average Bonchev–Trinajstić information content (AvgIpc) is 3.30. The van der Waals surface area contributed by atoms with E-state index in [0.717, 1.165) is 31.2 Å². The largest absolute Gasteiger partial charge is 0.497 e. The normalized spacial score (nSPS) is 24.7. The topological polar surface area (TPSA) is 96.4 Å². The van der Waals surface area contributed by atoms with Crippen LogP contribution >= 0.6 is 0 Å². The van der Waals surface area contributed by atoms with Crippen molar-refractivity contribution in [2.45, 2.75) is 62.8 Å². The van der Waals surface area contributed by atoms with Crippen LogP contribution in [0.5, 0.6) is 5.75 Å².